The van der Waals surface area contributed by atoms with Crippen LogP contribution in [0, 0.1) is 5.82 Å². The number of nitrogens with zero attached hydrogens (tertiary/aromatic N) is 3. The number of hydrogen-bond donors (Lipinski definition) is 2. The molecule has 0 radical (unpaired) electrons. The summed E-state index contributed by atoms with van der Waals surface area (Å²) in [6, 6.07) is 11.8. The molecule has 4 rings (SSSR count). The van der Waals surface area contributed by atoms with Crippen LogP contribution in [0.1, 0.15) is 11.1 Å². The van der Waals surface area contributed by atoms with Crippen LogP contribution in [0.2, 0.25) is 0 Å². The summed E-state index contributed by atoms with van der Waals surface area (Å²) in [6.45, 7) is 0.550. The molecule has 2 N–H and O–H groups in total. The van der Waals surface area contributed by atoms with Crippen LogP contribution >= 0.6 is 0 Å². The summed E-state index contributed by atoms with van der Waals surface area (Å²) in [7, 11) is -3.90. The topological polar surface area (TPSA) is 92.7 Å². The highest BCUT2D eigenvalue weighted by Crippen LogP contribution is 2.25. The van der Waals surface area contributed by atoms with Crippen LogP contribution in [0.5, 0.6) is 0 Å². The molecule has 0 aliphatic carbocycles. The van der Waals surface area contributed by atoms with Crippen LogP contribution < -0.4 is 4.72 Å². The van der Waals surface area contributed by atoms with Crippen LogP contribution in [0.15, 0.2) is 66.2 Å². The summed E-state index contributed by atoms with van der Waals surface area (Å²) in [5.41, 5.74) is 2.15. The molecule has 0 aliphatic heterocycles. The second kappa shape index (κ2) is 6.93. The van der Waals surface area contributed by atoms with Gasteiger partial charge in [0.25, 0.3) is 0 Å². The number of sulfonamides is 1. The third kappa shape index (κ3) is 3.46. The molecule has 4 aromatic rings. The van der Waals surface area contributed by atoms with E-state index in [1.807, 2.05) is 24.3 Å². The quantitative estimate of drug-likeness (QED) is 0.533. The predicted molar refractivity (Wildman–Crippen MR) is 97.8 cm³/mol. The molecule has 9 heteroatoms. The Morgan fingerprint density at radius 2 is 1.93 bits per heavy atom. The van der Waals surface area contributed by atoms with Gasteiger partial charge < -0.3 is 4.98 Å². The molecular formula is C18H16FN5O2S. The van der Waals surface area contributed by atoms with Gasteiger partial charge in [-0.05, 0) is 23.3 Å². The number of H-pyrrole nitrogens is 1. The van der Waals surface area contributed by atoms with E-state index in [0.717, 1.165) is 11.1 Å². The Kier molecular flexibility index (Phi) is 4.46. The summed E-state index contributed by atoms with van der Waals surface area (Å²) >= 11 is 0. The first-order chi connectivity index (χ1) is 13.0. The Morgan fingerprint density at radius 1 is 1.11 bits per heavy atom. The molecule has 138 valence electrons. The Balaban J connectivity index is 1.60. The van der Waals surface area contributed by atoms with Crippen molar-refractivity contribution in [2.45, 2.75) is 18.0 Å². The van der Waals surface area contributed by atoms with Gasteiger partial charge in [0.05, 0.1) is 11.9 Å². The van der Waals surface area contributed by atoms with Crippen LogP contribution in [-0.4, -0.2) is 28.2 Å². The monoisotopic (exact) mass is 385 g/mol. The van der Waals surface area contributed by atoms with Gasteiger partial charge >= 0.3 is 0 Å². The molecule has 0 saturated carbocycles. The van der Waals surface area contributed by atoms with Gasteiger partial charge in [-0.2, -0.15) is 5.10 Å². The van der Waals surface area contributed by atoms with Crippen LogP contribution in [0.25, 0.3) is 10.9 Å². The normalized spacial score (nSPS) is 11.9. The Labute approximate surface area is 154 Å². The highest BCUT2D eigenvalue weighted by Gasteiger charge is 2.21. The van der Waals surface area contributed by atoms with Gasteiger partial charge in [-0.15, -0.1) is 0 Å². The van der Waals surface area contributed by atoms with Crippen molar-refractivity contribution in [3.8, 4) is 0 Å². The lowest BCUT2D eigenvalue weighted by molar-refractivity contribution is 0.580. The maximum atomic E-state index is 14.1. The molecule has 0 unspecified atom stereocenters. The summed E-state index contributed by atoms with van der Waals surface area (Å²) < 4.78 is 43.8. The van der Waals surface area contributed by atoms with Gasteiger partial charge in [0.1, 0.15) is 23.4 Å². The molecule has 0 fully saturated rings. The molecule has 0 aliphatic rings. The van der Waals surface area contributed by atoms with E-state index in [9.17, 15) is 12.8 Å². The fourth-order valence-corrected chi connectivity index (χ4v) is 4.14. The molecule has 0 amide bonds. The van der Waals surface area contributed by atoms with E-state index in [-0.39, 0.29) is 16.8 Å². The van der Waals surface area contributed by atoms with E-state index in [1.165, 1.54) is 24.7 Å². The van der Waals surface area contributed by atoms with E-state index >= 15 is 0 Å². The number of nitrogens with one attached hydrogen (secondary N) is 2. The highest BCUT2D eigenvalue weighted by atomic mass is 32.2. The Hall–Kier alpha value is -3.04. The van der Waals surface area contributed by atoms with Gasteiger partial charge in [0.15, 0.2) is 0 Å². The van der Waals surface area contributed by atoms with Gasteiger partial charge in [-0.25, -0.2) is 27.2 Å². The fraction of sp³-hybridized carbons (Fsp3) is 0.111. The first-order valence-electron chi connectivity index (χ1n) is 8.19. The molecule has 2 heterocycles. The average Bonchev–Trinajstić information content (AvgIpc) is 3.31. The van der Waals surface area contributed by atoms with E-state index < -0.39 is 15.8 Å². The minimum atomic E-state index is -3.90. The maximum absolute atomic E-state index is 14.1. The summed E-state index contributed by atoms with van der Waals surface area (Å²) in [4.78, 5) is 6.60. The molecule has 0 saturated heterocycles. The predicted octanol–water partition coefficient (Wildman–Crippen LogP) is 2.43. The van der Waals surface area contributed by atoms with Gasteiger partial charge in [-0.1, -0.05) is 30.3 Å². The largest absolute Gasteiger partial charge is 0.360 e. The number of aromatic amines is 1. The minimum Gasteiger partial charge on any atom is -0.360 e. The molecule has 0 spiro atoms. The van der Waals surface area contributed by atoms with Crippen LogP contribution in [0.3, 0.4) is 0 Å². The second-order valence-corrected chi connectivity index (χ2v) is 7.74. The Morgan fingerprint density at radius 3 is 2.70 bits per heavy atom. The average molecular weight is 385 g/mol. The van der Waals surface area contributed by atoms with Crippen molar-refractivity contribution >= 4 is 20.9 Å². The molecule has 2 aromatic heterocycles. The maximum Gasteiger partial charge on any atom is 0.243 e. The van der Waals surface area contributed by atoms with E-state index in [0.29, 0.717) is 12.1 Å². The van der Waals surface area contributed by atoms with E-state index in [1.54, 1.807) is 17.1 Å². The first kappa shape index (κ1) is 17.4. The minimum absolute atomic E-state index is 0.0564. The van der Waals surface area contributed by atoms with Crippen molar-refractivity contribution in [2.75, 3.05) is 0 Å². The lowest BCUT2D eigenvalue weighted by Gasteiger charge is -2.11. The number of aromatic nitrogens is 4. The number of hydrogen-bond acceptors (Lipinski definition) is 4. The zero-order chi connectivity index (χ0) is 18.9. The molecule has 27 heavy (non-hydrogen) atoms. The second-order valence-electron chi connectivity index (χ2n) is 6.00. The van der Waals surface area contributed by atoms with Gasteiger partial charge in [0, 0.05) is 18.3 Å². The smallest absolute Gasteiger partial charge is 0.243 e. The van der Waals surface area contributed by atoms with E-state index in [4.69, 9.17) is 0 Å². The molecular weight excluding hydrogens is 369 g/mol. The SMILES string of the molecule is O=S(=O)(NCc1ccccc1Cn1cncn1)c1c[nH]c2cccc(F)c12. The number of rotatable bonds is 6. The third-order valence-electron chi connectivity index (χ3n) is 4.28. The van der Waals surface area contributed by atoms with Crippen molar-refractivity contribution in [1.82, 2.24) is 24.5 Å². The lowest BCUT2D eigenvalue weighted by atomic mass is 10.1. The zero-order valence-electron chi connectivity index (χ0n) is 14.1. The molecule has 2 aromatic carbocycles. The van der Waals surface area contributed by atoms with Gasteiger partial charge in [-0.3, -0.25) is 0 Å². The molecule has 0 atom stereocenters. The van der Waals surface area contributed by atoms with E-state index in [2.05, 4.69) is 19.8 Å². The van der Waals surface area contributed by atoms with Crippen LogP contribution in [-0.2, 0) is 23.1 Å². The zero-order valence-corrected chi connectivity index (χ0v) is 14.9. The van der Waals surface area contributed by atoms with Crippen molar-refractivity contribution in [3.63, 3.8) is 0 Å². The van der Waals surface area contributed by atoms with Crippen LogP contribution in [0.4, 0.5) is 4.39 Å². The van der Waals surface area contributed by atoms with Crippen molar-refractivity contribution < 1.29 is 12.8 Å². The van der Waals surface area contributed by atoms with Crippen molar-refractivity contribution in [2.24, 2.45) is 0 Å². The summed E-state index contributed by atoms with van der Waals surface area (Å²) in [5.74, 6) is -0.583. The van der Waals surface area contributed by atoms with Crippen molar-refractivity contribution in [1.29, 1.82) is 0 Å². The third-order valence-corrected chi connectivity index (χ3v) is 5.70. The Bertz CT molecular complexity index is 1190. The number of benzene rings is 2. The fourth-order valence-electron chi connectivity index (χ4n) is 2.95. The number of fused-ring (bicyclic) bond motifs is 1. The first-order valence-corrected chi connectivity index (χ1v) is 9.67. The number of halogens is 1. The molecule has 0 bridgehead atoms. The summed E-state index contributed by atoms with van der Waals surface area (Å²) in [6.07, 6.45) is 4.34. The highest BCUT2D eigenvalue weighted by molar-refractivity contribution is 7.89. The summed E-state index contributed by atoms with van der Waals surface area (Å²) in [5, 5.41) is 4.12. The molecule has 7 nitrogen and oxygen atoms in total. The van der Waals surface area contributed by atoms with Crippen molar-refractivity contribution in [3.05, 3.63) is 78.3 Å². The lowest BCUT2D eigenvalue weighted by Crippen LogP contribution is -2.24. The standard InChI is InChI=1S/C18H16FN5O2S/c19-15-6-3-7-16-18(15)17(9-21-16)27(25,26)23-8-13-4-1-2-5-14(13)10-24-12-20-11-22-24/h1-7,9,11-12,21,23H,8,10H2. The van der Waals surface area contributed by atoms with Gasteiger partial charge in [0.2, 0.25) is 10.0 Å².